The maximum atomic E-state index is 12.3. The molecule has 1 heterocycles. The predicted molar refractivity (Wildman–Crippen MR) is 78.1 cm³/mol. The standard InChI is InChI=1S/C15H28FN3/c1-5-14-13(11-17-10-12(3)4)15(6-2)19(18-14)9-7-8-16/h12,17H,5-11H2,1-4H3. The molecule has 0 aliphatic carbocycles. The SMILES string of the molecule is CCc1nn(CCCF)c(CC)c1CNCC(C)C. The lowest BCUT2D eigenvalue weighted by Gasteiger charge is -2.10. The average molecular weight is 269 g/mol. The van der Waals surface area contributed by atoms with Crippen molar-refractivity contribution in [1.29, 1.82) is 0 Å². The predicted octanol–water partition coefficient (Wildman–Crippen LogP) is 3.11. The van der Waals surface area contributed by atoms with Crippen LogP contribution in [0.3, 0.4) is 0 Å². The monoisotopic (exact) mass is 269 g/mol. The van der Waals surface area contributed by atoms with Crippen LogP contribution in [-0.4, -0.2) is 23.0 Å². The molecule has 0 spiro atoms. The Balaban J connectivity index is 2.83. The largest absolute Gasteiger partial charge is 0.312 e. The third-order valence-electron chi connectivity index (χ3n) is 3.28. The number of hydrogen-bond donors (Lipinski definition) is 1. The van der Waals surface area contributed by atoms with Gasteiger partial charge in [-0.2, -0.15) is 5.10 Å². The molecular weight excluding hydrogens is 241 g/mol. The van der Waals surface area contributed by atoms with Crippen LogP contribution in [-0.2, 0) is 25.9 Å². The van der Waals surface area contributed by atoms with E-state index in [2.05, 4.69) is 38.1 Å². The van der Waals surface area contributed by atoms with Gasteiger partial charge in [0, 0.05) is 24.3 Å². The molecule has 0 amide bonds. The van der Waals surface area contributed by atoms with Crippen LogP contribution in [0.25, 0.3) is 0 Å². The molecule has 19 heavy (non-hydrogen) atoms. The van der Waals surface area contributed by atoms with E-state index in [1.165, 1.54) is 11.3 Å². The maximum Gasteiger partial charge on any atom is 0.0912 e. The molecule has 0 saturated heterocycles. The summed E-state index contributed by atoms with van der Waals surface area (Å²) in [7, 11) is 0. The Morgan fingerprint density at radius 2 is 2.00 bits per heavy atom. The normalized spacial score (nSPS) is 11.5. The second-order valence-corrected chi connectivity index (χ2v) is 5.37. The summed E-state index contributed by atoms with van der Waals surface area (Å²) in [5.74, 6) is 0.650. The van der Waals surface area contributed by atoms with E-state index in [-0.39, 0.29) is 6.67 Å². The van der Waals surface area contributed by atoms with Crippen molar-refractivity contribution in [2.75, 3.05) is 13.2 Å². The molecule has 110 valence electrons. The van der Waals surface area contributed by atoms with Gasteiger partial charge in [-0.05, 0) is 31.7 Å². The van der Waals surface area contributed by atoms with Crippen LogP contribution in [0.4, 0.5) is 4.39 Å². The van der Waals surface area contributed by atoms with Crippen LogP contribution in [0.5, 0.6) is 0 Å². The third-order valence-corrected chi connectivity index (χ3v) is 3.28. The van der Waals surface area contributed by atoms with Crippen molar-refractivity contribution in [2.45, 2.75) is 60.0 Å². The van der Waals surface area contributed by atoms with Gasteiger partial charge in [0.05, 0.1) is 12.4 Å². The van der Waals surface area contributed by atoms with Crippen molar-refractivity contribution in [2.24, 2.45) is 5.92 Å². The minimum absolute atomic E-state index is 0.272. The quantitative estimate of drug-likeness (QED) is 0.746. The number of aromatic nitrogens is 2. The van der Waals surface area contributed by atoms with E-state index in [9.17, 15) is 4.39 Å². The van der Waals surface area contributed by atoms with Gasteiger partial charge in [0.2, 0.25) is 0 Å². The Kier molecular flexibility index (Phi) is 7.06. The van der Waals surface area contributed by atoms with E-state index in [1.807, 2.05) is 4.68 Å². The number of nitrogens with one attached hydrogen (secondary N) is 1. The maximum absolute atomic E-state index is 12.3. The highest BCUT2D eigenvalue weighted by molar-refractivity contribution is 5.26. The first kappa shape index (κ1) is 16.2. The molecule has 1 aromatic heterocycles. The number of nitrogens with zero attached hydrogens (tertiary/aromatic N) is 2. The van der Waals surface area contributed by atoms with E-state index in [4.69, 9.17) is 0 Å². The summed E-state index contributed by atoms with van der Waals surface area (Å²) in [5, 5.41) is 8.14. The number of hydrogen-bond acceptors (Lipinski definition) is 2. The van der Waals surface area contributed by atoms with Gasteiger partial charge in [-0.25, -0.2) is 0 Å². The van der Waals surface area contributed by atoms with Crippen LogP contribution in [0.2, 0.25) is 0 Å². The molecule has 1 N–H and O–H groups in total. The van der Waals surface area contributed by atoms with Crippen molar-refractivity contribution in [3.05, 3.63) is 17.0 Å². The number of halogens is 1. The summed E-state index contributed by atoms with van der Waals surface area (Å²) in [5.41, 5.74) is 3.75. The summed E-state index contributed by atoms with van der Waals surface area (Å²) < 4.78 is 14.3. The Hall–Kier alpha value is -0.900. The van der Waals surface area contributed by atoms with Crippen molar-refractivity contribution in [1.82, 2.24) is 15.1 Å². The Morgan fingerprint density at radius 3 is 2.53 bits per heavy atom. The zero-order valence-electron chi connectivity index (χ0n) is 12.8. The number of rotatable bonds is 9. The van der Waals surface area contributed by atoms with Crippen LogP contribution < -0.4 is 5.32 Å². The molecule has 0 bridgehead atoms. The zero-order chi connectivity index (χ0) is 14.3. The molecule has 0 saturated carbocycles. The van der Waals surface area contributed by atoms with Crippen molar-refractivity contribution >= 4 is 0 Å². The molecule has 1 aromatic rings. The first-order chi connectivity index (χ1) is 9.13. The minimum atomic E-state index is -0.272. The summed E-state index contributed by atoms with van der Waals surface area (Å²) in [6.07, 6.45) is 2.45. The lowest BCUT2D eigenvalue weighted by molar-refractivity contribution is 0.429. The summed E-state index contributed by atoms with van der Waals surface area (Å²) in [6, 6.07) is 0. The van der Waals surface area contributed by atoms with Gasteiger partial charge < -0.3 is 5.32 Å². The Morgan fingerprint density at radius 1 is 1.26 bits per heavy atom. The second-order valence-electron chi connectivity index (χ2n) is 5.37. The Labute approximate surface area is 116 Å². The zero-order valence-corrected chi connectivity index (χ0v) is 12.8. The Bertz CT molecular complexity index is 372. The molecule has 3 nitrogen and oxygen atoms in total. The molecule has 0 aromatic carbocycles. The van der Waals surface area contributed by atoms with Gasteiger partial charge in [0.15, 0.2) is 0 Å². The lowest BCUT2D eigenvalue weighted by atomic mass is 10.1. The molecule has 0 unspecified atom stereocenters. The number of alkyl halides is 1. The highest BCUT2D eigenvalue weighted by Crippen LogP contribution is 2.17. The van der Waals surface area contributed by atoms with Crippen molar-refractivity contribution in [3.63, 3.8) is 0 Å². The molecule has 0 radical (unpaired) electrons. The van der Waals surface area contributed by atoms with Gasteiger partial charge in [0.25, 0.3) is 0 Å². The smallest absolute Gasteiger partial charge is 0.0912 e. The van der Waals surface area contributed by atoms with E-state index in [0.717, 1.165) is 31.6 Å². The summed E-state index contributed by atoms with van der Waals surface area (Å²) >= 11 is 0. The van der Waals surface area contributed by atoms with Crippen molar-refractivity contribution in [3.8, 4) is 0 Å². The van der Waals surface area contributed by atoms with Gasteiger partial charge in [-0.3, -0.25) is 9.07 Å². The fourth-order valence-electron chi connectivity index (χ4n) is 2.35. The topological polar surface area (TPSA) is 29.9 Å². The van der Waals surface area contributed by atoms with Gasteiger partial charge in [-0.1, -0.05) is 27.7 Å². The fraction of sp³-hybridized carbons (Fsp3) is 0.800. The van der Waals surface area contributed by atoms with Gasteiger partial charge in [-0.15, -0.1) is 0 Å². The highest BCUT2D eigenvalue weighted by atomic mass is 19.1. The van der Waals surface area contributed by atoms with Crippen LogP contribution in [0.1, 0.15) is 51.1 Å². The second kappa shape index (κ2) is 8.31. The molecule has 4 heteroatoms. The van der Waals surface area contributed by atoms with E-state index in [0.29, 0.717) is 18.9 Å². The van der Waals surface area contributed by atoms with Crippen LogP contribution in [0.15, 0.2) is 0 Å². The van der Waals surface area contributed by atoms with Crippen molar-refractivity contribution < 1.29 is 4.39 Å². The first-order valence-corrected chi connectivity index (χ1v) is 7.48. The average Bonchev–Trinajstić information content (AvgIpc) is 2.73. The molecular formula is C15H28FN3. The van der Waals surface area contributed by atoms with E-state index >= 15 is 0 Å². The minimum Gasteiger partial charge on any atom is -0.312 e. The van der Waals surface area contributed by atoms with E-state index < -0.39 is 0 Å². The molecule has 1 rings (SSSR count). The van der Waals surface area contributed by atoms with Gasteiger partial charge >= 0.3 is 0 Å². The molecule has 0 atom stereocenters. The highest BCUT2D eigenvalue weighted by Gasteiger charge is 2.14. The van der Waals surface area contributed by atoms with E-state index in [1.54, 1.807) is 0 Å². The third kappa shape index (κ3) is 4.60. The van der Waals surface area contributed by atoms with Crippen LogP contribution in [0, 0.1) is 5.92 Å². The molecule has 0 aliphatic heterocycles. The first-order valence-electron chi connectivity index (χ1n) is 7.48. The lowest BCUT2D eigenvalue weighted by Crippen LogP contribution is -2.20. The summed E-state index contributed by atoms with van der Waals surface area (Å²) in [4.78, 5) is 0. The number of aryl methyl sites for hydroxylation is 2. The molecule has 0 aliphatic rings. The summed E-state index contributed by atoms with van der Waals surface area (Å²) in [6.45, 7) is 11.0. The molecule has 0 fully saturated rings. The van der Waals surface area contributed by atoms with Crippen LogP contribution >= 0.6 is 0 Å². The fourth-order valence-corrected chi connectivity index (χ4v) is 2.35. The van der Waals surface area contributed by atoms with Gasteiger partial charge in [0.1, 0.15) is 0 Å².